The molecule has 0 fully saturated rings. The minimum Gasteiger partial charge on any atom is -0.494 e. The second kappa shape index (κ2) is 4.94. The van der Waals surface area contributed by atoms with Gasteiger partial charge >= 0.3 is 0 Å². The van der Waals surface area contributed by atoms with Crippen molar-refractivity contribution in [3.8, 4) is 5.75 Å². The van der Waals surface area contributed by atoms with Gasteiger partial charge in [0, 0.05) is 0 Å². The lowest BCUT2D eigenvalue weighted by Gasteiger charge is -2.03. The molecular formula is C11H12N2O2S. The molecule has 0 saturated carbocycles. The lowest BCUT2D eigenvalue weighted by molar-refractivity contribution is 0.340. The quantitative estimate of drug-likeness (QED) is 0.829. The van der Waals surface area contributed by atoms with Gasteiger partial charge in [0.25, 0.3) is 4.84 Å². The van der Waals surface area contributed by atoms with Gasteiger partial charge in [-0.05, 0) is 36.8 Å². The van der Waals surface area contributed by atoms with Crippen molar-refractivity contribution in [3.63, 3.8) is 0 Å². The maximum absolute atomic E-state index is 5.35. The number of rotatable bonds is 4. The van der Waals surface area contributed by atoms with Gasteiger partial charge < -0.3 is 9.15 Å². The molecule has 0 saturated heterocycles. The molecule has 84 valence electrons. The van der Waals surface area contributed by atoms with Gasteiger partial charge in [-0.2, -0.15) is 0 Å². The summed E-state index contributed by atoms with van der Waals surface area (Å²) in [6.45, 7) is 2.63. The third-order valence-electron chi connectivity index (χ3n) is 2.07. The number of benzene rings is 1. The highest BCUT2D eigenvalue weighted by molar-refractivity contribution is 7.71. The lowest BCUT2D eigenvalue weighted by Crippen LogP contribution is -1.92. The maximum atomic E-state index is 5.35. The molecule has 0 bridgehead atoms. The molecule has 4 nitrogen and oxygen atoms in total. The summed E-state index contributed by atoms with van der Waals surface area (Å²) in [5.74, 6) is 1.46. The van der Waals surface area contributed by atoms with Gasteiger partial charge in [-0.15, -0.1) is 5.10 Å². The Balaban J connectivity index is 2.07. The van der Waals surface area contributed by atoms with E-state index in [9.17, 15) is 0 Å². The van der Waals surface area contributed by atoms with Crippen LogP contribution in [-0.4, -0.2) is 16.8 Å². The van der Waals surface area contributed by atoms with Crippen LogP contribution >= 0.6 is 12.2 Å². The van der Waals surface area contributed by atoms with Gasteiger partial charge in [0.1, 0.15) is 5.75 Å². The Morgan fingerprint density at radius 3 is 2.69 bits per heavy atom. The van der Waals surface area contributed by atoms with Crippen molar-refractivity contribution in [2.75, 3.05) is 6.61 Å². The topological polar surface area (TPSA) is 51.0 Å². The average molecular weight is 236 g/mol. The molecule has 2 aromatic rings. The predicted molar refractivity (Wildman–Crippen MR) is 62.1 cm³/mol. The standard InChI is InChI=1S/C11H12N2O2S/c1-2-14-9-5-3-8(4-6-9)7-10-12-13-11(16)15-10/h3-6H,2,7H2,1H3,(H,13,16). The van der Waals surface area contributed by atoms with E-state index in [1.807, 2.05) is 31.2 Å². The molecule has 0 aliphatic carbocycles. The molecule has 0 atom stereocenters. The van der Waals surface area contributed by atoms with E-state index in [0.29, 0.717) is 23.8 Å². The van der Waals surface area contributed by atoms with Crippen LogP contribution in [0.2, 0.25) is 0 Å². The second-order valence-electron chi connectivity index (χ2n) is 3.26. The summed E-state index contributed by atoms with van der Waals surface area (Å²) in [6.07, 6.45) is 0.625. The van der Waals surface area contributed by atoms with Crippen LogP contribution in [-0.2, 0) is 6.42 Å². The fourth-order valence-electron chi connectivity index (χ4n) is 1.38. The lowest BCUT2D eigenvalue weighted by atomic mass is 10.1. The van der Waals surface area contributed by atoms with Crippen molar-refractivity contribution in [1.82, 2.24) is 10.2 Å². The monoisotopic (exact) mass is 236 g/mol. The van der Waals surface area contributed by atoms with E-state index in [2.05, 4.69) is 10.2 Å². The van der Waals surface area contributed by atoms with Crippen molar-refractivity contribution in [2.24, 2.45) is 0 Å². The summed E-state index contributed by atoms with van der Waals surface area (Å²) >= 11 is 4.80. The number of H-pyrrole nitrogens is 1. The van der Waals surface area contributed by atoms with Gasteiger partial charge in [0.05, 0.1) is 13.0 Å². The van der Waals surface area contributed by atoms with Crippen molar-refractivity contribution in [3.05, 3.63) is 40.6 Å². The summed E-state index contributed by atoms with van der Waals surface area (Å²) in [6, 6.07) is 7.83. The van der Waals surface area contributed by atoms with Crippen LogP contribution in [0.3, 0.4) is 0 Å². The minimum absolute atomic E-state index is 0.306. The highest BCUT2D eigenvalue weighted by Gasteiger charge is 2.02. The SMILES string of the molecule is CCOc1ccc(Cc2n[nH]c(=S)o2)cc1. The van der Waals surface area contributed by atoms with Gasteiger partial charge in [-0.1, -0.05) is 12.1 Å². The molecule has 0 unspecified atom stereocenters. The summed E-state index contributed by atoms with van der Waals surface area (Å²) in [7, 11) is 0. The number of hydrogen-bond acceptors (Lipinski definition) is 4. The first kappa shape index (κ1) is 10.9. The molecule has 1 aromatic carbocycles. The van der Waals surface area contributed by atoms with Gasteiger partial charge in [0.2, 0.25) is 5.89 Å². The van der Waals surface area contributed by atoms with Gasteiger partial charge in [-0.25, -0.2) is 5.10 Å². The predicted octanol–water partition coefficient (Wildman–Crippen LogP) is 2.72. The Morgan fingerprint density at radius 1 is 1.38 bits per heavy atom. The first-order valence-corrected chi connectivity index (χ1v) is 5.45. The largest absolute Gasteiger partial charge is 0.494 e. The smallest absolute Gasteiger partial charge is 0.284 e. The van der Waals surface area contributed by atoms with Gasteiger partial charge in [-0.3, -0.25) is 0 Å². The Hall–Kier alpha value is -1.62. The zero-order valence-corrected chi connectivity index (χ0v) is 9.71. The normalized spacial score (nSPS) is 10.3. The first-order valence-electron chi connectivity index (χ1n) is 5.04. The number of aromatic nitrogens is 2. The van der Waals surface area contributed by atoms with E-state index >= 15 is 0 Å². The fourth-order valence-corrected chi connectivity index (χ4v) is 1.52. The van der Waals surface area contributed by atoms with E-state index < -0.39 is 0 Å². The van der Waals surface area contributed by atoms with E-state index in [4.69, 9.17) is 21.4 Å². The zero-order chi connectivity index (χ0) is 11.4. The van der Waals surface area contributed by atoms with Gasteiger partial charge in [0.15, 0.2) is 0 Å². The number of nitrogens with one attached hydrogen (secondary N) is 1. The van der Waals surface area contributed by atoms with Crippen LogP contribution in [0.15, 0.2) is 28.7 Å². The Bertz CT molecular complexity index is 501. The van der Waals surface area contributed by atoms with E-state index in [1.165, 1.54) is 0 Å². The number of aromatic amines is 1. The molecule has 16 heavy (non-hydrogen) atoms. The van der Waals surface area contributed by atoms with E-state index in [-0.39, 0.29) is 0 Å². The molecular weight excluding hydrogens is 224 g/mol. The summed E-state index contributed by atoms with van der Waals surface area (Å²) in [4.78, 5) is 0.306. The van der Waals surface area contributed by atoms with Crippen LogP contribution in [0.25, 0.3) is 0 Å². The molecule has 2 rings (SSSR count). The van der Waals surface area contributed by atoms with E-state index in [1.54, 1.807) is 0 Å². The minimum atomic E-state index is 0.306. The molecule has 1 heterocycles. The molecule has 5 heteroatoms. The van der Waals surface area contributed by atoms with Crippen molar-refractivity contribution >= 4 is 12.2 Å². The summed E-state index contributed by atoms with van der Waals surface area (Å²) in [5.41, 5.74) is 1.11. The number of nitrogens with zero attached hydrogens (tertiary/aromatic N) is 1. The molecule has 1 N–H and O–H groups in total. The molecule has 0 radical (unpaired) electrons. The van der Waals surface area contributed by atoms with Crippen molar-refractivity contribution in [2.45, 2.75) is 13.3 Å². The highest BCUT2D eigenvalue weighted by atomic mass is 32.1. The Morgan fingerprint density at radius 2 is 2.12 bits per heavy atom. The molecule has 0 aliphatic rings. The van der Waals surface area contributed by atoms with Crippen molar-refractivity contribution < 1.29 is 9.15 Å². The van der Waals surface area contributed by atoms with E-state index in [0.717, 1.165) is 11.3 Å². The average Bonchev–Trinajstić information content (AvgIpc) is 2.67. The fraction of sp³-hybridized carbons (Fsp3) is 0.273. The van der Waals surface area contributed by atoms with Crippen LogP contribution in [0, 0.1) is 4.84 Å². The molecule has 1 aromatic heterocycles. The zero-order valence-electron chi connectivity index (χ0n) is 8.90. The van der Waals surface area contributed by atoms with Crippen molar-refractivity contribution in [1.29, 1.82) is 0 Å². The van der Waals surface area contributed by atoms with Crippen LogP contribution in [0.4, 0.5) is 0 Å². The third kappa shape index (κ3) is 2.70. The van der Waals surface area contributed by atoms with Crippen LogP contribution < -0.4 is 4.74 Å². The molecule has 0 spiro atoms. The van der Waals surface area contributed by atoms with Crippen LogP contribution in [0.1, 0.15) is 18.4 Å². The maximum Gasteiger partial charge on any atom is 0.284 e. The molecule has 0 amide bonds. The summed E-state index contributed by atoms with van der Waals surface area (Å²) < 4.78 is 10.5. The Labute approximate surface area is 98.3 Å². The third-order valence-corrected chi connectivity index (χ3v) is 2.25. The second-order valence-corrected chi connectivity index (χ2v) is 3.63. The summed E-state index contributed by atoms with van der Waals surface area (Å²) in [5, 5.41) is 6.54. The Kier molecular flexibility index (Phi) is 3.36. The van der Waals surface area contributed by atoms with Crippen LogP contribution in [0.5, 0.6) is 5.75 Å². The highest BCUT2D eigenvalue weighted by Crippen LogP contribution is 2.14. The number of hydrogen-bond donors (Lipinski definition) is 1. The number of ether oxygens (including phenoxy) is 1. The first-order chi connectivity index (χ1) is 7.78. The molecule has 0 aliphatic heterocycles.